The molecule has 1 aromatic rings. The molecule has 1 heterocycles. The van der Waals surface area contributed by atoms with Crippen molar-refractivity contribution in [2.75, 3.05) is 7.11 Å². The predicted molar refractivity (Wildman–Crippen MR) is 65.8 cm³/mol. The van der Waals surface area contributed by atoms with Crippen molar-refractivity contribution < 1.29 is 14.4 Å². The summed E-state index contributed by atoms with van der Waals surface area (Å²) >= 11 is 3.32. The van der Waals surface area contributed by atoms with E-state index in [9.17, 15) is 10.1 Å². The maximum absolute atomic E-state index is 10.8. The number of rotatable bonds is 2. The van der Waals surface area contributed by atoms with Crippen molar-refractivity contribution in [2.45, 2.75) is 13.0 Å². The van der Waals surface area contributed by atoms with E-state index in [1.807, 2.05) is 0 Å². The van der Waals surface area contributed by atoms with Gasteiger partial charge < -0.3 is 9.47 Å². The van der Waals surface area contributed by atoms with Crippen LogP contribution < -0.4 is 9.47 Å². The van der Waals surface area contributed by atoms with Gasteiger partial charge in [-0.25, -0.2) is 0 Å². The highest BCUT2D eigenvalue weighted by molar-refractivity contribution is 9.10. The lowest BCUT2D eigenvalue weighted by atomic mass is 10.1. The average molecular weight is 300 g/mol. The van der Waals surface area contributed by atoms with Crippen LogP contribution in [0.3, 0.4) is 0 Å². The second-order valence-corrected chi connectivity index (χ2v) is 4.53. The number of hydrogen-bond donors (Lipinski definition) is 0. The number of nitro groups is 1. The smallest absolute Gasteiger partial charge is 0.286 e. The summed E-state index contributed by atoms with van der Waals surface area (Å²) in [5.74, 6) is 1.09. The highest BCUT2D eigenvalue weighted by Gasteiger charge is 2.29. The third kappa shape index (κ3) is 2.12. The van der Waals surface area contributed by atoms with Gasteiger partial charge in [0.25, 0.3) is 5.70 Å². The zero-order chi connectivity index (χ0) is 12.6. The van der Waals surface area contributed by atoms with E-state index in [-0.39, 0.29) is 5.70 Å². The van der Waals surface area contributed by atoms with Crippen LogP contribution in [-0.2, 0) is 0 Å². The van der Waals surface area contributed by atoms with Gasteiger partial charge in [0, 0.05) is 16.1 Å². The fraction of sp³-hybridized carbons (Fsp3) is 0.273. The van der Waals surface area contributed by atoms with Crippen molar-refractivity contribution in [3.63, 3.8) is 0 Å². The fourth-order valence-electron chi connectivity index (χ4n) is 1.69. The average Bonchev–Trinajstić information content (AvgIpc) is 2.27. The van der Waals surface area contributed by atoms with Gasteiger partial charge in [-0.1, -0.05) is 15.9 Å². The Morgan fingerprint density at radius 2 is 2.24 bits per heavy atom. The SMILES string of the molecule is COc1cc(Br)cc2c1OC(C)C([N+](=O)[O-])=C2. The lowest BCUT2D eigenvalue weighted by Gasteiger charge is -2.21. The van der Waals surface area contributed by atoms with E-state index in [1.165, 1.54) is 13.2 Å². The Labute approximate surface area is 106 Å². The van der Waals surface area contributed by atoms with Gasteiger partial charge in [0.05, 0.1) is 12.0 Å². The molecule has 1 aromatic carbocycles. The van der Waals surface area contributed by atoms with Crippen molar-refractivity contribution in [3.05, 3.63) is 38.0 Å². The van der Waals surface area contributed by atoms with E-state index in [0.717, 1.165) is 4.47 Å². The monoisotopic (exact) mass is 299 g/mol. The molecular weight excluding hydrogens is 290 g/mol. The highest BCUT2D eigenvalue weighted by Crippen LogP contribution is 2.40. The number of methoxy groups -OCH3 is 1. The summed E-state index contributed by atoms with van der Waals surface area (Å²) in [6.45, 7) is 1.64. The van der Waals surface area contributed by atoms with E-state index in [2.05, 4.69) is 15.9 Å². The van der Waals surface area contributed by atoms with Crippen LogP contribution in [0.15, 0.2) is 22.3 Å². The number of benzene rings is 1. The third-order valence-corrected chi connectivity index (χ3v) is 2.95. The lowest BCUT2D eigenvalue weighted by molar-refractivity contribution is -0.433. The summed E-state index contributed by atoms with van der Waals surface area (Å²) in [6.07, 6.45) is 0.920. The van der Waals surface area contributed by atoms with Crippen molar-refractivity contribution in [1.82, 2.24) is 0 Å². The quantitative estimate of drug-likeness (QED) is 0.622. The molecular formula is C11H10BrNO4. The van der Waals surface area contributed by atoms with Gasteiger partial charge in [-0.05, 0) is 19.1 Å². The van der Waals surface area contributed by atoms with Crippen molar-refractivity contribution in [1.29, 1.82) is 0 Å². The molecule has 0 aromatic heterocycles. The minimum atomic E-state index is -0.590. The molecule has 5 nitrogen and oxygen atoms in total. The van der Waals surface area contributed by atoms with E-state index >= 15 is 0 Å². The summed E-state index contributed by atoms with van der Waals surface area (Å²) in [5, 5.41) is 10.8. The molecule has 0 saturated carbocycles. The number of hydrogen-bond acceptors (Lipinski definition) is 4. The number of nitrogens with zero attached hydrogens (tertiary/aromatic N) is 1. The Morgan fingerprint density at radius 3 is 2.82 bits per heavy atom. The van der Waals surface area contributed by atoms with E-state index in [4.69, 9.17) is 9.47 Å². The van der Waals surface area contributed by atoms with Gasteiger partial charge in [-0.2, -0.15) is 0 Å². The maximum Gasteiger partial charge on any atom is 0.286 e. The molecule has 6 heteroatoms. The molecule has 2 rings (SSSR count). The Bertz CT molecular complexity index is 512. The molecule has 0 N–H and O–H groups in total. The molecule has 1 unspecified atom stereocenters. The lowest BCUT2D eigenvalue weighted by Crippen LogP contribution is -2.24. The molecule has 1 atom stereocenters. The minimum absolute atomic E-state index is 0.0395. The zero-order valence-corrected chi connectivity index (χ0v) is 10.9. The van der Waals surface area contributed by atoms with Gasteiger partial charge in [0.1, 0.15) is 0 Å². The molecule has 0 aliphatic carbocycles. The summed E-state index contributed by atoms with van der Waals surface area (Å²) in [5.41, 5.74) is 0.679. The maximum atomic E-state index is 10.8. The first-order valence-corrected chi connectivity index (χ1v) is 5.72. The zero-order valence-electron chi connectivity index (χ0n) is 9.27. The molecule has 0 bridgehead atoms. The molecule has 90 valence electrons. The summed E-state index contributed by atoms with van der Waals surface area (Å²) in [6, 6.07) is 3.52. The molecule has 0 spiro atoms. The van der Waals surface area contributed by atoms with Crippen LogP contribution in [0.25, 0.3) is 6.08 Å². The van der Waals surface area contributed by atoms with Crippen molar-refractivity contribution in [3.8, 4) is 11.5 Å². The summed E-state index contributed by atoms with van der Waals surface area (Å²) in [4.78, 5) is 10.4. The second-order valence-electron chi connectivity index (χ2n) is 3.61. The fourth-order valence-corrected chi connectivity index (χ4v) is 2.14. The van der Waals surface area contributed by atoms with Gasteiger partial charge in [0.15, 0.2) is 17.6 Å². The standard InChI is InChI=1S/C11H10BrNO4/c1-6-9(13(14)15)4-7-3-8(12)5-10(16-2)11(7)17-6/h3-6H,1-2H3. The van der Waals surface area contributed by atoms with E-state index in [1.54, 1.807) is 19.1 Å². The molecule has 17 heavy (non-hydrogen) atoms. The minimum Gasteiger partial charge on any atom is -0.493 e. The van der Waals surface area contributed by atoms with Crippen molar-refractivity contribution in [2.24, 2.45) is 0 Å². The third-order valence-electron chi connectivity index (χ3n) is 2.49. The predicted octanol–water partition coefficient (Wildman–Crippen LogP) is 2.86. The van der Waals surface area contributed by atoms with Gasteiger partial charge in [0.2, 0.25) is 0 Å². The van der Waals surface area contributed by atoms with Crippen LogP contribution in [0, 0.1) is 10.1 Å². The Kier molecular flexibility index (Phi) is 3.06. The first kappa shape index (κ1) is 11.9. The normalized spacial score (nSPS) is 17.8. The largest absolute Gasteiger partial charge is 0.493 e. The van der Waals surface area contributed by atoms with Gasteiger partial charge >= 0.3 is 0 Å². The number of halogens is 1. The Morgan fingerprint density at radius 1 is 1.53 bits per heavy atom. The van der Waals surface area contributed by atoms with Crippen LogP contribution >= 0.6 is 15.9 Å². The van der Waals surface area contributed by atoms with Crippen LogP contribution in [0.1, 0.15) is 12.5 Å². The first-order chi connectivity index (χ1) is 8.02. The molecule has 1 aliphatic heterocycles. The molecule has 1 aliphatic rings. The molecule has 0 radical (unpaired) electrons. The molecule has 0 amide bonds. The van der Waals surface area contributed by atoms with Crippen LogP contribution in [0.4, 0.5) is 0 Å². The summed E-state index contributed by atoms with van der Waals surface area (Å²) in [7, 11) is 1.53. The second kappa shape index (κ2) is 4.37. The van der Waals surface area contributed by atoms with Crippen LogP contribution in [0.5, 0.6) is 11.5 Å². The topological polar surface area (TPSA) is 61.6 Å². The molecule has 0 fully saturated rings. The number of ether oxygens (including phenoxy) is 2. The Balaban J connectivity index is 2.59. The Hall–Kier alpha value is -1.56. The molecule has 0 saturated heterocycles. The van der Waals surface area contributed by atoms with Gasteiger partial charge in [-0.3, -0.25) is 10.1 Å². The number of fused-ring (bicyclic) bond motifs is 1. The summed E-state index contributed by atoms with van der Waals surface area (Å²) < 4.78 is 11.5. The van der Waals surface area contributed by atoms with Crippen LogP contribution in [-0.4, -0.2) is 18.1 Å². The highest BCUT2D eigenvalue weighted by atomic mass is 79.9. The van der Waals surface area contributed by atoms with E-state index < -0.39 is 11.0 Å². The van der Waals surface area contributed by atoms with Crippen LogP contribution in [0.2, 0.25) is 0 Å². The van der Waals surface area contributed by atoms with Gasteiger partial charge in [-0.15, -0.1) is 0 Å². The first-order valence-electron chi connectivity index (χ1n) is 4.93. The van der Waals surface area contributed by atoms with Crippen molar-refractivity contribution >= 4 is 22.0 Å². The van der Waals surface area contributed by atoms with E-state index in [0.29, 0.717) is 17.1 Å².